The molecule has 4 nitrogen and oxygen atoms in total. The first-order chi connectivity index (χ1) is 25.4. The average molecular weight is 771 g/mol. The SMILES string of the molecule is Clc1ccc(C2C3C=CC(N3)C(c3ccc(Cl)cc3)C3CCC(N3)C(c3ccc(Cl)cc3)C3C=CC(N3)C(c3ccc(Cl)cc3)C3CCC2N3)cc1. The zero-order valence-corrected chi connectivity index (χ0v) is 31.8. The normalized spacial score (nSPS) is 35.3. The summed E-state index contributed by atoms with van der Waals surface area (Å²) in [4.78, 5) is 0. The zero-order valence-electron chi connectivity index (χ0n) is 28.8. The maximum Gasteiger partial charge on any atom is 0.0406 e. The van der Waals surface area contributed by atoms with Crippen molar-refractivity contribution < 1.29 is 0 Å². The van der Waals surface area contributed by atoms with Crippen LogP contribution in [0, 0.1) is 0 Å². The van der Waals surface area contributed by atoms with Gasteiger partial charge in [-0.1, -0.05) is 119 Å². The lowest BCUT2D eigenvalue weighted by atomic mass is 9.83. The van der Waals surface area contributed by atoms with E-state index in [1.807, 2.05) is 48.5 Å². The summed E-state index contributed by atoms with van der Waals surface area (Å²) >= 11 is 25.8. The third-order valence-electron chi connectivity index (χ3n) is 12.6. The Morgan fingerprint density at radius 1 is 0.308 bits per heavy atom. The number of nitrogens with one attached hydrogen (secondary N) is 4. The van der Waals surface area contributed by atoms with Crippen LogP contribution in [0.3, 0.4) is 0 Å². The van der Waals surface area contributed by atoms with Crippen molar-refractivity contribution in [2.24, 2.45) is 0 Å². The minimum absolute atomic E-state index is 0.159. The number of fused-ring (bicyclic) bond motifs is 8. The molecule has 5 aliphatic heterocycles. The molecule has 5 aliphatic rings. The van der Waals surface area contributed by atoms with E-state index >= 15 is 0 Å². The monoisotopic (exact) mass is 768 g/mol. The van der Waals surface area contributed by atoms with Gasteiger partial charge < -0.3 is 21.3 Å². The molecule has 4 aromatic carbocycles. The molecule has 8 heteroatoms. The summed E-state index contributed by atoms with van der Waals surface area (Å²) in [6.07, 6.45) is 14.1. The highest BCUT2D eigenvalue weighted by atomic mass is 35.5. The minimum Gasteiger partial charge on any atom is -0.310 e. The molecule has 0 saturated carbocycles. The van der Waals surface area contributed by atoms with E-state index in [4.69, 9.17) is 46.4 Å². The molecule has 5 heterocycles. The highest BCUT2D eigenvalue weighted by Gasteiger charge is 2.47. The number of hydrogen-bond donors (Lipinski definition) is 4. The predicted octanol–water partition coefficient (Wildman–Crippen LogP) is 9.78. The van der Waals surface area contributed by atoms with Gasteiger partial charge in [0.05, 0.1) is 0 Å². The Labute approximate surface area is 327 Å². The average Bonchev–Trinajstić information content (AvgIpc) is 3.99. The minimum atomic E-state index is 0.159. The van der Waals surface area contributed by atoms with Gasteiger partial charge >= 0.3 is 0 Å². The van der Waals surface area contributed by atoms with Crippen LogP contribution in [0.1, 0.15) is 71.6 Å². The van der Waals surface area contributed by atoms with Gasteiger partial charge in [-0.25, -0.2) is 0 Å². The Bertz CT molecular complexity index is 1640. The third-order valence-corrected chi connectivity index (χ3v) is 13.6. The van der Waals surface area contributed by atoms with E-state index in [1.54, 1.807) is 0 Å². The van der Waals surface area contributed by atoms with Crippen molar-refractivity contribution in [2.75, 3.05) is 0 Å². The maximum atomic E-state index is 6.45. The largest absolute Gasteiger partial charge is 0.310 e. The molecule has 0 spiro atoms. The van der Waals surface area contributed by atoms with E-state index < -0.39 is 0 Å². The van der Waals surface area contributed by atoms with Crippen molar-refractivity contribution in [3.05, 3.63) is 164 Å². The van der Waals surface area contributed by atoms with Crippen LogP contribution in [0.4, 0.5) is 0 Å². The number of hydrogen-bond acceptors (Lipinski definition) is 4. The molecule has 268 valence electrons. The van der Waals surface area contributed by atoms with Gasteiger partial charge in [-0.3, -0.25) is 0 Å². The number of halogens is 4. The van der Waals surface area contributed by atoms with Crippen molar-refractivity contribution in [3.8, 4) is 0 Å². The van der Waals surface area contributed by atoms with Gasteiger partial charge in [0.2, 0.25) is 0 Å². The first-order valence-corrected chi connectivity index (χ1v) is 20.3. The second kappa shape index (κ2) is 14.9. The summed E-state index contributed by atoms with van der Waals surface area (Å²) in [7, 11) is 0. The van der Waals surface area contributed by atoms with Crippen molar-refractivity contribution in [3.63, 3.8) is 0 Å². The Morgan fingerprint density at radius 2 is 0.519 bits per heavy atom. The number of benzene rings is 4. The molecule has 9 rings (SSSR count). The topological polar surface area (TPSA) is 48.1 Å². The lowest BCUT2D eigenvalue weighted by molar-refractivity contribution is 0.317. The van der Waals surface area contributed by atoms with Crippen molar-refractivity contribution >= 4 is 46.4 Å². The molecule has 4 N–H and O–H groups in total. The van der Waals surface area contributed by atoms with E-state index in [1.165, 1.54) is 22.3 Å². The van der Waals surface area contributed by atoms with Gasteiger partial charge in [0.1, 0.15) is 0 Å². The van der Waals surface area contributed by atoms with E-state index in [9.17, 15) is 0 Å². The van der Waals surface area contributed by atoms with Gasteiger partial charge in [-0.2, -0.15) is 0 Å². The quantitative estimate of drug-likeness (QED) is 0.156. The standard InChI is InChI=1S/C44H44Cl4N4/c45-29-9-1-25(2-10-29)41-33-17-19-35(49-33)42(26-3-11-30(46)12-4-26)37-21-23-39(51-37)44(28-7-15-32(48)16-8-28)40-24-22-38(52-40)43(36-20-18-34(41)50-36)27-5-13-31(47)14-6-27/h1-17,19,22,24,33-44,49-52H,18,20-21,23H2. The molecule has 3 saturated heterocycles. The van der Waals surface area contributed by atoms with Crippen molar-refractivity contribution in [1.29, 1.82) is 0 Å². The highest BCUT2D eigenvalue weighted by molar-refractivity contribution is 6.31. The highest BCUT2D eigenvalue weighted by Crippen LogP contribution is 2.44. The lowest BCUT2D eigenvalue weighted by Crippen LogP contribution is -2.52. The molecule has 52 heavy (non-hydrogen) atoms. The smallest absolute Gasteiger partial charge is 0.0406 e. The molecule has 3 fully saturated rings. The maximum absolute atomic E-state index is 6.45. The Morgan fingerprint density at radius 3 is 0.731 bits per heavy atom. The lowest BCUT2D eigenvalue weighted by Gasteiger charge is -2.38. The summed E-state index contributed by atoms with van der Waals surface area (Å²) in [5, 5.41) is 19.9. The van der Waals surface area contributed by atoms with E-state index in [0.717, 1.165) is 45.8 Å². The van der Waals surface area contributed by atoms with Crippen LogP contribution in [0.15, 0.2) is 121 Å². The van der Waals surface area contributed by atoms with Crippen LogP contribution in [0.25, 0.3) is 0 Å². The molecule has 0 amide bonds. The van der Waals surface area contributed by atoms with Crippen LogP contribution in [-0.4, -0.2) is 48.3 Å². The van der Waals surface area contributed by atoms with Crippen LogP contribution >= 0.6 is 46.4 Å². The second-order valence-corrected chi connectivity index (χ2v) is 17.2. The zero-order chi connectivity index (χ0) is 35.3. The van der Waals surface area contributed by atoms with Crippen LogP contribution in [0.2, 0.25) is 20.1 Å². The van der Waals surface area contributed by atoms with Crippen molar-refractivity contribution in [2.45, 2.75) is 97.7 Å². The summed E-state index contributed by atoms with van der Waals surface area (Å²) < 4.78 is 0. The molecule has 12 atom stereocenters. The van der Waals surface area contributed by atoms with Gasteiger partial charge in [0, 0.05) is 92.1 Å². The third kappa shape index (κ3) is 6.91. The van der Waals surface area contributed by atoms with E-state index in [2.05, 4.69) is 94.1 Å². The molecule has 0 aliphatic carbocycles. The Hall–Kier alpha value is -2.64. The van der Waals surface area contributed by atoms with Gasteiger partial charge in [0.25, 0.3) is 0 Å². The first kappa shape index (κ1) is 35.1. The van der Waals surface area contributed by atoms with Crippen LogP contribution < -0.4 is 21.3 Å². The van der Waals surface area contributed by atoms with Crippen LogP contribution in [0.5, 0.6) is 0 Å². The molecule has 4 aromatic rings. The Kier molecular flexibility index (Phi) is 10.0. The van der Waals surface area contributed by atoms with Gasteiger partial charge in [-0.15, -0.1) is 0 Å². The predicted molar refractivity (Wildman–Crippen MR) is 216 cm³/mol. The Balaban J connectivity index is 1.14. The first-order valence-electron chi connectivity index (χ1n) is 18.8. The molecule has 12 unspecified atom stereocenters. The fraction of sp³-hybridized carbons (Fsp3) is 0.364. The molecular formula is C44H44Cl4N4. The van der Waals surface area contributed by atoms with Crippen molar-refractivity contribution in [1.82, 2.24) is 21.3 Å². The van der Waals surface area contributed by atoms with Gasteiger partial charge in [-0.05, 0) is 96.5 Å². The van der Waals surface area contributed by atoms with E-state index in [-0.39, 0.29) is 72.0 Å². The molecular weight excluding hydrogens is 726 g/mol. The summed E-state index contributed by atoms with van der Waals surface area (Å²) in [5.41, 5.74) is 5.23. The number of rotatable bonds is 4. The molecule has 8 bridgehead atoms. The summed E-state index contributed by atoms with van der Waals surface area (Å²) in [6.45, 7) is 0. The fourth-order valence-corrected chi connectivity index (χ4v) is 10.8. The summed E-state index contributed by atoms with van der Waals surface area (Å²) in [6, 6.07) is 35.9. The van der Waals surface area contributed by atoms with Crippen LogP contribution in [-0.2, 0) is 0 Å². The second-order valence-electron chi connectivity index (χ2n) is 15.4. The summed E-state index contributed by atoms with van der Waals surface area (Å²) in [5.74, 6) is 0.913. The molecule has 0 radical (unpaired) electrons. The molecule has 0 aromatic heterocycles. The fourth-order valence-electron chi connectivity index (χ4n) is 10.3. The van der Waals surface area contributed by atoms with Gasteiger partial charge in [0.15, 0.2) is 0 Å². The van der Waals surface area contributed by atoms with E-state index in [0.29, 0.717) is 0 Å².